The fourth-order valence-corrected chi connectivity index (χ4v) is 4.51. The molecule has 4 aromatic rings. The van der Waals surface area contributed by atoms with Crippen molar-refractivity contribution in [2.24, 2.45) is 0 Å². The SMILES string of the molecule is CC[C@@H](Sc1nc2nccnc2c(=O)n1Cc1ccccc1)C(=O)Nc1cc(C)ccc1OC. The number of anilines is 1. The Balaban J connectivity index is 1.69. The highest BCUT2D eigenvalue weighted by atomic mass is 32.2. The maximum absolute atomic E-state index is 13.3. The minimum absolute atomic E-state index is 0.198. The second-order valence-electron chi connectivity index (χ2n) is 7.71. The molecule has 9 heteroatoms. The van der Waals surface area contributed by atoms with Crippen LogP contribution in [-0.2, 0) is 11.3 Å². The number of nitrogens with zero attached hydrogens (tertiary/aromatic N) is 4. The van der Waals surface area contributed by atoms with Crippen molar-refractivity contribution in [1.82, 2.24) is 19.5 Å². The molecule has 8 nitrogen and oxygen atoms in total. The molecule has 0 spiro atoms. The number of hydrogen-bond donors (Lipinski definition) is 1. The molecule has 0 aliphatic heterocycles. The van der Waals surface area contributed by atoms with E-state index in [0.29, 0.717) is 29.6 Å². The van der Waals surface area contributed by atoms with Crippen LogP contribution in [0.15, 0.2) is 70.9 Å². The minimum Gasteiger partial charge on any atom is -0.495 e. The van der Waals surface area contributed by atoms with Gasteiger partial charge in [0.2, 0.25) is 5.91 Å². The fraction of sp³-hybridized carbons (Fsp3) is 0.240. The zero-order valence-corrected chi connectivity index (χ0v) is 20.0. The van der Waals surface area contributed by atoms with Crippen LogP contribution in [0.5, 0.6) is 5.75 Å². The molecule has 0 radical (unpaired) electrons. The highest BCUT2D eigenvalue weighted by molar-refractivity contribution is 8.00. The third-order valence-electron chi connectivity index (χ3n) is 5.27. The average Bonchev–Trinajstić information content (AvgIpc) is 2.85. The molecule has 0 fully saturated rings. The first-order chi connectivity index (χ1) is 16.5. The summed E-state index contributed by atoms with van der Waals surface area (Å²) in [6.45, 7) is 4.18. The van der Waals surface area contributed by atoms with E-state index in [-0.39, 0.29) is 22.6 Å². The van der Waals surface area contributed by atoms with Crippen LogP contribution in [0.3, 0.4) is 0 Å². The zero-order valence-electron chi connectivity index (χ0n) is 19.2. The van der Waals surface area contributed by atoms with Crippen LogP contribution in [0, 0.1) is 6.92 Å². The highest BCUT2D eigenvalue weighted by Gasteiger charge is 2.23. The van der Waals surface area contributed by atoms with Gasteiger partial charge in [-0.1, -0.05) is 55.1 Å². The number of aryl methyl sites for hydroxylation is 1. The molecule has 0 bridgehead atoms. The third kappa shape index (κ3) is 5.09. The predicted molar refractivity (Wildman–Crippen MR) is 133 cm³/mol. The molecule has 0 saturated carbocycles. The third-order valence-corrected chi connectivity index (χ3v) is 6.62. The van der Waals surface area contributed by atoms with Crippen LogP contribution in [0.1, 0.15) is 24.5 Å². The number of nitrogens with one attached hydrogen (secondary N) is 1. The zero-order chi connectivity index (χ0) is 24.1. The van der Waals surface area contributed by atoms with Crippen molar-refractivity contribution >= 4 is 34.5 Å². The summed E-state index contributed by atoms with van der Waals surface area (Å²) in [5.74, 6) is 0.384. The van der Waals surface area contributed by atoms with Crippen LogP contribution >= 0.6 is 11.8 Å². The molecule has 0 aliphatic carbocycles. The van der Waals surface area contributed by atoms with Gasteiger partial charge >= 0.3 is 0 Å². The van der Waals surface area contributed by atoms with Crippen molar-refractivity contribution in [1.29, 1.82) is 0 Å². The minimum atomic E-state index is -0.492. The molecule has 0 unspecified atom stereocenters. The fourth-order valence-electron chi connectivity index (χ4n) is 3.51. The number of methoxy groups -OCH3 is 1. The van der Waals surface area contributed by atoms with Gasteiger partial charge < -0.3 is 10.1 Å². The first-order valence-corrected chi connectivity index (χ1v) is 11.8. The predicted octanol–water partition coefficient (Wildman–Crippen LogP) is 4.06. The van der Waals surface area contributed by atoms with Gasteiger partial charge in [0.15, 0.2) is 16.3 Å². The summed E-state index contributed by atoms with van der Waals surface area (Å²) in [6.07, 6.45) is 3.51. The number of ether oxygens (including phenoxy) is 1. The Kier molecular flexibility index (Phi) is 7.22. The van der Waals surface area contributed by atoms with Gasteiger partial charge in [-0.3, -0.25) is 14.2 Å². The van der Waals surface area contributed by atoms with Gasteiger partial charge in [0.25, 0.3) is 5.56 Å². The number of hydrogen-bond acceptors (Lipinski definition) is 7. The summed E-state index contributed by atoms with van der Waals surface area (Å²) in [7, 11) is 1.56. The number of aromatic nitrogens is 4. The molecule has 174 valence electrons. The highest BCUT2D eigenvalue weighted by Crippen LogP contribution is 2.29. The van der Waals surface area contributed by atoms with E-state index in [2.05, 4.69) is 20.3 Å². The topological polar surface area (TPSA) is 99.0 Å². The van der Waals surface area contributed by atoms with E-state index in [0.717, 1.165) is 11.1 Å². The largest absolute Gasteiger partial charge is 0.495 e. The van der Waals surface area contributed by atoms with E-state index >= 15 is 0 Å². The Hall–Kier alpha value is -3.72. The number of fused-ring (bicyclic) bond motifs is 1. The van der Waals surface area contributed by atoms with Crippen molar-refractivity contribution < 1.29 is 9.53 Å². The summed E-state index contributed by atoms with van der Waals surface area (Å²) in [4.78, 5) is 39.5. The number of carbonyl (C=O) groups is 1. The van der Waals surface area contributed by atoms with E-state index in [1.54, 1.807) is 11.7 Å². The van der Waals surface area contributed by atoms with E-state index in [1.807, 2.05) is 62.4 Å². The molecular weight excluding hydrogens is 450 g/mol. The van der Waals surface area contributed by atoms with E-state index in [4.69, 9.17) is 4.74 Å². The number of carbonyl (C=O) groups excluding carboxylic acids is 1. The van der Waals surface area contributed by atoms with Gasteiger partial charge in [0.1, 0.15) is 5.75 Å². The summed E-state index contributed by atoms with van der Waals surface area (Å²) < 4.78 is 6.94. The maximum atomic E-state index is 13.3. The molecular formula is C25H25N5O3S. The molecule has 2 aromatic heterocycles. The quantitative estimate of drug-likeness (QED) is 0.303. The molecule has 4 rings (SSSR count). The summed E-state index contributed by atoms with van der Waals surface area (Å²) in [6, 6.07) is 15.2. The van der Waals surface area contributed by atoms with E-state index < -0.39 is 5.25 Å². The van der Waals surface area contributed by atoms with Crippen LogP contribution in [-0.4, -0.2) is 37.8 Å². The molecule has 2 aromatic carbocycles. The van der Waals surface area contributed by atoms with E-state index in [9.17, 15) is 9.59 Å². The average molecular weight is 476 g/mol. The number of thioether (sulfide) groups is 1. The molecule has 0 aliphatic rings. The van der Waals surface area contributed by atoms with Crippen LogP contribution in [0.2, 0.25) is 0 Å². The Labute approximate surface area is 201 Å². The van der Waals surface area contributed by atoms with Gasteiger partial charge in [0, 0.05) is 12.4 Å². The van der Waals surface area contributed by atoms with Crippen molar-refractivity contribution in [3.05, 3.63) is 82.4 Å². The molecule has 0 saturated heterocycles. The van der Waals surface area contributed by atoms with Gasteiger partial charge in [-0.2, -0.15) is 0 Å². The second kappa shape index (κ2) is 10.5. The monoisotopic (exact) mass is 475 g/mol. The number of benzene rings is 2. The summed E-state index contributed by atoms with van der Waals surface area (Å²) in [5.41, 5.74) is 2.71. The second-order valence-corrected chi connectivity index (χ2v) is 8.88. The lowest BCUT2D eigenvalue weighted by Gasteiger charge is -2.18. The maximum Gasteiger partial charge on any atom is 0.282 e. The molecule has 34 heavy (non-hydrogen) atoms. The molecule has 1 atom stereocenters. The van der Waals surface area contributed by atoms with Crippen LogP contribution in [0.4, 0.5) is 5.69 Å². The van der Waals surface area contributed by atoms with Gasteiger partial charge in [-0.05, 0) is 36.6 Å². The molecule has 2 heterocycles. The Morgan fingerprint density at radius 1 is 1.15 bits per heavy atom. The lowest BCUT2D eigenvalue weighted by Crippen LogP contribution is -2.29. The molecule has 1 N–H and O–H groups in total. The standard InChI is InChI=1S/C25H25N5O3S/c1-4-20(23(31)28-18-14-16(2)10-11-19(18)33-3)34-25-29-22-21(26-12-13-27-22)24(32)30(25)15-17-8-6-5-7-9-17/h5-14,20H,4,15H2,1-3H3,(H,28,31)/t20-/m1/s1. The number of rotatable bonds is 8. The molecule has 1 amide bonds. The van der Waals surface area contributed by atoms with Crippen LogP contribution < -0.4 is 15.6 Å². The first kappa shape index (κ1) is 23.4. The lowest BCUT2D eigenvalue weighted by molar-refractivity contribution is -0.115. The Bertz CT molecular complexity index is 1370. The summed E-state index contributed by atoms with van der Waals surface area (Å²) in [5, 5.41) is 2.89. The smallest absolute Gasteiger partial charge is 0.282 e. The first-order valence-electron chi connectivity index (χ1n) is 10.9. The lowest BCUT2D eigenvalue weighted by atomic mass is 10.2. The Morgan fingerprint density at radius 2 is 1.91 bits per heavy atom. The normalized spacial score (nSPS) is 11.9. The van der Waals surface area contributed by atoms with Gasteiger partial charge in [-0.25, -0.2) is 15.0 Å². The summed E-state index contributed by atoms with van der Waals surface area (Å²) >= 11 is 1.24. The Morgan fingerprint density at radius 3 is 2.65 bits per heavy atom. The van der Waals surface area contributed by atoms with E-state index in [1.165, 1.54) is 24.2 Å². The van der Waals surface area contributed by atoms with Gasteiger partial charge in [0.05, 0.1) is 24.6 Å². The van der Waals surface area contributed by atoms with Crippen LogP contribution in [0.25, 0.3) is 11.2 Å². The van der Waals surface area contributed by atoms with Gasteiger partial charge in [-0.15, -0.1) is 0 Å². The number of amides is 1. The van der Waals surface area contributed by atoms with Crippen molar-refractivity contribution in [2.45, 2.75) is 37.2 Å². The van der Waals surface area contributed by atoms with Crippen molar-refractivity contribution in [2.75, 3.05) is 12.4 Å². The van der Waals surface area contributed by atoms with Crippen molar-refractivity contribution in [3.63, 3.8) is 0 Å². The van der Waals surface area contributed by atoms with Crippen molar-refractivity contribution in [3.8, 4) is 5.75 Å².